The molecule has 0 fully saturated rings. The standard InChI is InChI=1S/C19H14FN3O/c20-13-7-5-12(6-8-13)11-22-16-9-10-21-18-17(16)14-3-1-2-4-15(14)19(24)23-18/h1-10H,11H2,(H2,21,22,23,24). The molecule has 0 spiro atoms. The number of nitrogens with one attached hydrogen (secondary N) is 2. The average molecular weight is 319 g/mol. The molecule has 2 aromatic carbocycles. The number of anilines is 1. The Morgan fingerprint density at radius 1 is 1.00 bits per heavy atom. The van der Waals surface area contributed by atoms with Crippen LogP contribution < -0.4 is 10.9 Å². The van der Waals surface area contributed by atoms with Crippen LogP contribution >= 0.6 is 0 Å². The van der Waals surface area contributed by atoms with Crippen LogP contribution in [0.1, 0.15) is 5.56 Å². The molecular weight excluding hydrogens is 305 g/mol. The van der Waals surface area contributed by atoms with E-state index in [2.05, 4.69) is 15.3 Å². The van der Waals surface area contributed by atoms with Gasteiger partial charge in [0.1, 0.15) is 11.5 Å². The summed E-state index contributed by atoms with van der Waals surface area (Å²) in [5, 5.41) is 5.70. The smallest absolute Gasteiger partial charge is 0.257 e. The van der Waals surface area contributed by atoms with Crippen LogP contribution in [0, 0.1) is 5.82 Å². The summed E-state index contributed by atoms with van der Waals surface area (Å²) in [6.45, 7) is 0.548. The maximum absolute atomic E-state index is 13.0. The SMILES string of the molecule is O=c1[nH]c2nccc(NCc3ccc(F)cc3)c2c2ccccc12. The van der Waals surface area contributed by atoms with Gasteiger partial charge in [0, 0.05) is 34.6 Å². The van der Waals surface area contributed by atoms with Gasteiger partial charge < -0.3 is 10.3 Å². The summed E-state index contributed by atoms with van der Waals surface area (Å²) < 4.78 is 13.0. The summed E-state index contributed by atoms with van der Waals surface area (Å²) >= 11 is 0. The van der Waals surface area contributed by atoms with E-state index in [4.69, 9.17) is 0 Å². The van der Waals surface area contributed by atoms with Crippen molar-refractivity contribution < 1.29 is 4.39 Å². The second-order valence-corrected chi connectivity index (χ2v) is 5.56. The van der Waals surface area contributed by atoms with Crippen molar-refractivity contribution in [2.24, 2.45) is 0 Å². The molecule has 5 heteroatoms. The molecule has 2 N–H and O–H groups in total. The van der Waals surface area contributed by atoms with E-state index in [-0.39, 0.29) is 11.4 Å². The Balaban J connectivity index is 1.82. The molecule has 4 rings (SSSR count). The molecular formula is C19H14FN3O. The summed E-state index contributed by atoms with van der Waals surface area (Å²) in [6, 6.07) is 15.7. The van der Waals surface area contributed by atoms with Crippen molar-refractivity contribution in [3.8, 4) is 0 Å². The molecule has 2 heterocycles. The van der Waals surface area contributed by atoms with E-state index in [1.165, 1.54) is 12.1 Å². The van der Waals surface area contributed by atoms with Crippen LogP contribution in [0.15, 0.2) is 65.6 Å². The highest BCUT2D eigenvalue weighted by Crippen LogP contribution is 2.27. The van der Waals surface area contributed by atoms with Crippen molar-refractivity contribution in [3.05, 3.63) is 82.5 Å². The van der Waals surface area contributed by atoms with Crippen LogP contribution in [0.25, 0.3) is 21.8 Å². The van der Waals surface area contributed by atoms with E-state index < -0.39 is 0 Å². The first kappa shape index (κ1) is 14.4. The fourth-order valence-corrected chi connectivity index (χ4v) is 2.85. The van der Waals surface area contributed by atoms with Crippen molar-refractivity contribution >= 4 is 27.5 Å². The fourth-order valence-electron chi connectivity index (χ4n) is 2.85. The Bertz CT molecular complexity index is 1090. The van der Waals surface area contributed by atoms with Gasteiger partial charge in [-0.15, -0.1) is 0 Å². The first-order chi connectivity index (χ1) is 11.7. The molecule has 0 unspecified atom stereocenters. The van der Waals surface area contributed by atoms with Gasteiger partial charge in [-0.05, 0) is 29.8 Å². The summed E-state index contributed by atoms with van der Waals surface area (Å²) in [4.78, 5) is 19.3. The third-order valence-electron chi connectivity index (χ3n) is 4.02. The van der Waals surface area contributed by atoms with Gasteiger partial charge in [0.05, 0.1) is 0 Å². The number of H-pyrrole nitrogens is 1. The Morgan fingerprint density at radius 2 is 1.75 bits per heavy atom. The van der Waals surface area contributed by atoms with Crippen molar-refractivity contribution in [3.63, 3.8) is 0 Å². The minimum Gasteiger partial charge on any atom is -0.380 e. The highest BCUT2D eigenvalue weighted by atomic mass is 19.1. The van der Waals surface area contributed by atoms with E-state index >= 15 is 0 Å². The molecule has 0 bridgehead atoms. The third-order valence-corrected chi connectivity index (χ3v) is 4.02. The molecule has 0 saturated carbocycles. The van der Waals surface area contributed by atoms with Crippen LogP contribution in [-0.2, 0) is 6.54 Å². The molecule has 0 saturated heterocycles. The van der Waals surface area contributed by atoms with Gasteiger partial charge in [0.15, 0.2) is 0 Å². The number of halogens is 1. The van der Waals surface area contributed by atoms with Gasteiger partial charge in [-0.3, -0.25) is 4.79 Å². The molecule has 0 radical (unpaired) electrons. The van der Waals surface area contributed by atoms with Crippen molar-refractivity contribution in [2.75, 3.05) is 5.32 Å². The predicted molar refractivity (Wildman–Crippen MR) is 93.6 cm³/mol. The van der Waals surface area contributed by atoms with Gasteiger partial charge in [0.2, 0.25) is 0 Å². The van der Waals surface area contributed by atoms with Gasteiger partial charge in [0.25, 0.3) is 5.56 Å². The zero-order chi connectivity index (χ0) is 16.5. The molecule has 24 heavy (non-hydrogen) atoms. The minimum absolute atomic E-state index is 0.152. The number of aromatic nitrogens is 2. The second kappa shape index (κ2) is 5.77. The highest BCUT2D eigenvalue weighted by molar-refractivity contribution is 6.10. The Hall–Kier alpha value is -3.21. The molecule has 4 aromatic rings. The second-order valence-electron chi connectivity index (χ2n) is 5.56. The quantitative estimate of drug-likeness (QED) is 0.564. The number of hydrogen-bond donors (Lipinski definition) is 2. The van der Waals surface area contributed by atoms with E-state index in [0.29, 0.717) is 17.6 Å². The lowest BCUT2D eigenvalue weighted by Gasteiger charge is -2.11. The van der Waals surface area contributed by atoms with Crippen LogP contribution in [-0.4, -0.2) is 9.97 Å². The summed E-state index contributed by atoms with van der Waals surface area (Å²) in [5.74, 6) is -0.253. The summed E-state index contributed by atoms with van der Waals surface area (Å²) in [7, 11) is 0. The van der Waals surface area contributed by atoms with Crippen LogP contribution in [0.2, 0.25) is 0 Å². The lowest BCUT2D eigenvalue weighted by atomic mass is 10.1. The Morgan fingerprint density at radius 3 is 2.54 bits per heavy atom. The lowest BCUT2D eigenvalue weighted by molar-refractivity contribution is 0.627. The number of nitrogens with zero attached hydrogens (tertiary/aromatic N) is 1. The number of aromatic amines is 1. The molecule has 0 aliphatic rings. The molecule has 0 atom stereocenters. The van der Waals surface area contributed by atoms with Crippen LogP contribution in [0.3, 0.4) is 0 Å². The Labute approximate surface area is 137 Å². The van der Waals surface area contributed by atoms with Gasteiger partial charge in [-0.1, -0.05) is 30.3 Å². The first-order valence-electron chi connectivity index (χ1n) is 7.60. The predicted octanol–water partition coefficient (Wildman–Crippen LogP) is 3.83. The van der Waals surface area contributed by atoms with Gasteiger partial charge in [-0.25, -0.2) is 9.37 Å². The monoisotopic (exact) mass is 319 g/mol. The number of benzene rings is 2. The zero-order valence-electron chi connectivity index (χ0n) is 12.7. The molecule has 0 aliphatic carbocycles. The van der Waals surface area contributed by atoms with Crippen LogP contribution in [0.4, 0.5) is 10.1 Å². The number of rotatable bonds is 3. The lowest BCUT2D eigenvalue weighted by Crippen LogP contribution is -2.08. The maximum atomic E-state index is 13.0. The van der Waals surface area contributed by atoms with Crippen LogP contribution in [0.5, 0.6) is 0 Å². The van der Waals surface area contributed by atoms with E-state index in [1.54, 1.807) is 24.4 Å². The van der Waals surface area contributed by atoms with Gasteiger partial charge >= 0.3 is 0 Å². The Kier molecular flexibility index (Phi) is 3.46. The largest absolute Gasteiger partial charge is 0.380 e. The maximum Gasteiger partial charge on any atom is 0.257 e. The topological polar surface area (TPSA) is 57.8 Å². The zero-order valence-corrected chi connectivity index (χ0v) is 12.7. The number of pyridine rings is 2. The van der Waals surface area contributed by atoms with E-state index in [1.807, 2.05) is 24.3 Å². The minimum atomic E-state index is -0.253. The van der Waals surface area contributed by atoms with Crippen molar-refractivity contribution in [1.29, 1.82) is 0 Å². The molecule has 0 amide bonds. The third kappa shape index (κ3) is 2.50. The van der Waals surface area contributed by atoms with Crippen molar-refractivity contribution in [1.82, 2.24) is 9.97 Å². The molecule has 0 aliphatic heterocycles. The summed E-state index contributed by atoms with van der Waals surface area (Å²) in [6.07, 6.45) is 1.65. The molecule has 118 valence electrons. The highest BCUT2D eigenvalue weighted by Gasteiger charge is 2.09. The number of hydrogen-bond acceptors (Lipinski definition) is 3. The average Bonchev–Trinajstić information content (AvgIpc) is 2.61. The fraction of sp³-hybridized carbons (Fsp3) is 0.0526. The van der Waals surface area contributed by atoms with Crippen molar-refractivity contribution in [2.45, 2.75) is 6.54 Å². The molecule has 4 nitrogen and oxygen atoms in total. The normalized spacial score (nSPS) is 11.0. The molecule has 2 aromatic heterocycles. The summed E-state index contributed by atoms with van der Waals surface area (Å²) in [5.41, 5.74) is 2.23. The number of fused-ring (bicyclic) bond motifs is 3. The van der Waals surface area contributed by atoms with Gasteiger partial charge in [-0.2, -0.15) is 0 Å². The van der Waals surface area contributed by atoms with E-state index in [0.717, 1.165) is 22.0 Å². The first-order valence-corrected chi connectivity index (χ1v) is 7.60. The van der Waals surface area contributed by atoms with E-state index in [9.17, 15) is 9.18 Å².